The van der Waals surface area contributed by atoms with E-state index >= 15 is 0 Å². The number of fused-ring (bicyclic) bond motifs is 4. The van der Waals surface area contributed by atoms with Gasteiger partial charge < -0.3 is 9.88 Å². The van der Waals surface area contributed by atoms with E-state index in [9.17, 15) is 9.59 Å². The molecule has 6 heteroatoms. The third-order valence-electron chi connectivity index (χ3n) is 5.29. The van der Waals surface area contributed by atoms with Crippen molar-refractivity contribution >= 4 is 28.9 Å². The number of benzene rings is 2. The Bertz CT molecular complexity index is 1070. The molecule has 0 spiro atoms. The fourth-order valence-electron chi connectivity index (χ4n) is 3.93. The van der Waals surface area contributed by atoms with E-state index in [0.717, 1.165) is 27.7 Å². The van der Waals surface area contributed by atoms with Gasteiger partial charge in [0.05, 0.1) is 12.8 Å². The van der Waals surface area contributed by atoms with Crippen LogP contribution in [-0.4, -0.2) is 45.5 Å². The van der Waals surface area contributed by atoms with Crippen molar-refractivity contribution < 1.29 is 9.59 Å². The van der Waals surface area contributed by atoms with Crippen LogP contribution in [0.4, 0.5) is 0 Å². The van der Waals surface area contributed by atoms with Crippen molar-refractivity contribution in [3.05, 3.63) is 71.4 Å². The Labute approximate surface area is 156 Å². The molecule has 2 amide bonds. The Kier molecular flexibility index (Phi) is 3.57. The summed E-state index contributed by atoms with van der Waals surface area (Å²) in [4.78, 5) is 30.7. The minimum atomic E-state index is -0.495. The molecule has 0 radical (unpaired) electrons. The molecule has 2 aliphatic heterocycles. The zero-order chi connectivity index (χ0) is 18.4. The first-order valence-corrected chi connectivity index (χ1v) is 8.99. The summed E-state index contributed by atoms with van der Waals surface area (Å²) in [6, 6.07) is 17.1. The molecule has 1 saturated heterocycles. The van der Waals surface area contributed by atoms with Gasteiger partial charge in [-0.25, -0.2) is 5.01 Å². The highest BCUT2D eigenvalue weighted by molar-refractivity contribution is 5.97. The smallest absolute Gasteiger partial charge is 0.266 e. The largest absolute Gasteiger partial charge is 0.357 e. The van der Waals surface area contributed by atoms with Crippen LogP contribution in [0.3, 0.4) is 0 Å². The van der Waals surface area contributed by atoms with Crippen molar-refractivity contribution in [1.82, 2.24) is 14.9 Å². The molecule has 0 saturated carbocycles. The number of carbonyl (C=O) groups is 2. The highest BCUT2D eigenvalue weighted by Crippen LogP contribution is 2.32. The monoisotopic (exact) mass is 358 g/mol. The second-order valence-corrected chi connectivity index (χ2v) is 6.92. The van der Waals surface area contributed by atoms with Crippen LogP contribution in [0.25, 0.3) is 10.9 Å². The Morgan fingerprint density at radius 1 is 1.00 bits per heavy atom. The molecule has 0 unspecified atom stereocenters. The number of amides is 2. The first-order chi connectivity index (χ1) is 13.2. The summed E-state index contributed by atoms with van der Waals surface area (Å²) >= 11 is 0. The van der Waals surface area contributed by atoms with E-state index in [0.29, 0.717) is 13.0 Å². The molecule has 3 heterocycles. The van der Waals surface area contributed by atoms with Crippen LogP contribution in [0.15, 0.2) is 59.7 Å². The Morgan fingerprint density at radius 2 is 1.78 bits per heavy atom. The molecule has 2 aromatic carbocycles. The molecule has 1 aromatic heterocycles. The third kappa shape index (κ3) is 2.61. The van der Waals surface area contributed by atoms with Crippen LogP contribution >= 0.6 is 0 Å². The molecule has 0 aliphatic carbocycles. The minimum Gasteiger partial charge on any atom is -0.357 e. The van der Waals surface area contributed by atoms with Crippen LogP contribution in [-0.2, 0) is 22.6 Å². The second-order valence-electron chi connectivity index (χ2n) is 6.92. The zero-order valence-corrected chi connectivity index (χ0v) is 14.6. The Morgan fingerprint density at radius 3 is 2.63 bits per heavy atom. The van der Waals surface area contributed by atoms with Gasteiger partial charge in [-0.05, 0) is 17.2 Å². The number of rotatable bonds is 2. The van der Waals surface area contributed by atoms with E-state index in [1.54, 1.807) is 11.1 Å². The number of aromatic nitrogens is 1. The maximum Gasteiger partial charge on any atom is 0.266 e. The van der Waals surface area contributed by atoms with Gasteiger partial charge in [-0.15, -0.1) is 0 Å². The van der Waals surface area contributed by atoms with Crippen LogP contribution in [0.5, 0.6) is 0 Å². The second kappa shape index (κ2) is 6.09. The fourth-order valence-corrected chi connectivity index (χ4v) is 3.93. The number of hydrogen-bond acceptors (Lipinski definition) is 3. The summed E-state index contributed by atoms with van der Waals surface area (Å²) in [6.07, 6.45) is 2.14. The van der Waals surface area contributed by atoms with Crippen molar-refractivity contribution in [2.24, 2.45) is 5.10 Å². The molecule has 134 valence electrons. The number of hydrazone groups is 1. The van der Waals surface area contributed by atoms with E-state index in [-0.39, 0.29) is 18.4 Å². The molecule has 1 fully saturated rings. The lowest BCUT2D eigenvalue weighted by Crippen LogP contribution is -2.60. The van der Waals surface area contributed by atoms with Crippen LogP contribution in [0.2, 0.25) is 0 Å². The predicted molar refractivity (Wildman–Crippen MR) is 102 cm³/mol. The lowest BCUT2D eigenvalue weighted by Gasteiger charge is -2.40. The molecule has 2 aliphatic rings. The molecule has 1 atom stereocenters. The maximum atomic E-state index is 13.0. The standard InChI is InChI=1S/C21H18N4O2/c26-20-13-25(22-11-14-6-2-1-3-7-14)21(27)19-10-16-15-8-4-5-9-17(15)23-18(16)12-24(19)20/h1-9,11,19,23H,10,12-13H2/b22-11+/t19-/m1/s1. The molecular formula is C21H18N4O2. The zero-order valence-electron chi connectivity index (χ0n) is 14.6. The minimum absolute atomic E-state index is 0.0196. The average Bonchev–Trinajstić information content (AvgIpc) is 3.07. The molecule has 3 aromatic rings. The van der Waals surface area contributed by atoms with Gasteiger partial charge in [0.1, 0.15) is 12.6 Å². The first kappa shape index (κ1) is 15.8. The molecule has 27 heavy (non-hydrogen) atoms. The molecule has 5 rings (SSSR count). The van der Waals surface area contributed by atoms with Gasteiger partial charge >= 0.3 is 0 Å². The Hall–Kier alpha value is -3.41. The molecule has 6 nitrogen and oxygen atoms in total. The summed E-state index contributed by atoms with van der Waals surface area (Å²) in [7, 11) is 0. The Balaban J connectivity index is 1.46. The molecular weight excluding hydrogens is 340 g/mol. The van der Waals surface area contributed by atoms with Crippen molar-refractivity contribution in [3.63, 3.8) is 0 Å². The van der Waals surface area contributed by atoms with Gasteiger partial charge in [0, 0.05) is 23.0 Å². The van der Waals surface area contributed by atoms with E-state index in [2.05, 4.69) is 16.2 Å². The van der Waals surface area contributed by atoms with Crippen molar-refractivity contribution in [1.29, 1.82) is 0 Å². The van der Waals surface area contributed by atoms with Gasteiger partial charge in [0.2, 0.25) is 5.91 Å². The number of H-pyrrole nitrogens is 1. The maximum absolute atomic E-state index is 13.0. The van der Waals surface area contributed by atoms with Gasteiger partial charge in [-0.2, -0.15) is 5.10 Å². The van der Waals surface area contributed by atoms with Crippen LogP contribution in [0, 0.1) is 0 Å². The molecule has 0 bridgehead atoms. The van der Waals surface area contributed by atoms with E-state index in [1.807, 2.05) is 48.5 Å². The predicted octanol–water partition coefficient (Wildman–Crippen LogP) is 2.30. The summed E-state index contributed by atoms with van der Waals surface area (Å²) in [5, 5.41) is 6.71. The van der Waals surface area contributed by atoms with Crippen molar-refractivity contribution in [2.45, 2.75) is 19.0 Å². The van der Waals surface area contributed by atoms with E-state index in [1.165, 1.54) is 5.01 Å². The quantitative estimate of drug-likeness (QED) is 0.714. The van der Waals surface area contributed by atoms with Gasteiger partial charge in [-0.3, -0.25) is 9.59 Å². The topological polar surface area (TPSA) is 68.8 Å². The normalized spacial score (nSPS) is 19.6. The van der Waals surface area contributed by atoms with Gasteiger partial charge in [0.15, 0.2) is 0 Å². The number of aromatic amines is 1. The number of carbonyl (C=O) groups excluding carboxylic acids is 2. The lowest BCUT2D eigenvalue weighted by molar-refractivity contribution is -0.157. The van der Waals surface area contributed by atoms with E-state index < -0.39 is 6.04 Å². The van der Waals surface area contributed by atoms with Crippen molar-refractivity contribution in [2.75, 3.05) is 6.54 Å². The highest BCUT2D eigenvalue weighted by Gasteiger charge is 2.43. The number of hydrogen-bond donors (Lipinski definition) is 1. The first-order valence-electron chi connectivity index (χ1n) is 8.99. The third-order valence-corrected chi connectivity index (χ3v) is 5.29. The number of nitrogens with zero attached hydrogens (tertiary/aromatic N) is 3. The molecule has 1 N–H and O–H groups in total. The summed E-state index contributed by atoms with van der Waals surface area (Å²) in [5.41, 5.74) is 4.08. The van der Waals surface area contributed by atoms with Gasteiger partial charge in [-0.1, -0.05) is 48.5 Å². The lowest BCUT2D eigenvalue weighted by atomic mass is 9.94. The highest BCUT2D eigenvalue weighted by atomic mass is 16.2. The summed E-state index contributed by atoms with van der Waals surface area (Å²) in [6.45, 7) is 0.420. The number of para-hydroxylation sites is 1. The number of nitrogens with one attached hydrogen (secondary N) is 1. The SMILES string of the molecule is O=C1[C@H]2Cc3c([nH]c4ccccc34)CN2C(=O)CN1/N=C/c1ccccc1. The van der Waals surface area contributed by atoms with E-state index in [4.69, 9.17) is 0 Å². The van der Waals surface area contributed by atoms with Gasteiger partial charge in [0.25, 0.3) is 5.91 Å². The average molecular weight is 358 g/mol. The van der Waals surface area contributed by atoms with Crippen LogP contribution in [0.1, 0.15) is 16.8 Å². The van der Waals surface area contributed by atoms with Crippen LogP contribution < -0.4 is 0 Å². The number of piperazine rings is 1. The fraction of sp³-hybridized carbons (Fsp3) is 0.190. The summed E-state index contributed by atoms with van der Waals surface area (Å²) in [5.74, 6) is -0.202. The van der Waals surface area contributed by atoms with Crippen molar-refractivity contribution in [3.8, 4) is 0 Å². The summed E-state index contributed by atoms with van der Waals surface area (Å²) < 4.78 is 0.